The number of aromatic nitrogens is 1. The van der Waals surface area contributed by atoms with Gasteiger partial charge in [0, 0.05) is 30.0 Å². The summed E-state index contributed by atoms with van der Waals surface area (Å²) >= 11 is 0. The summed E-state index contributed by atoms with van der Waals surface area (Å²) in [6.45, 7) is 5.53. The fourth-order valence-electron chi connectivity index (χ4n) is 3.70. The number of fused-ring (bicyclic) bond motifs is 1. The number of nitrogens with zero attached hydrogens (tertiary/aromatic N) is 1. The molecule has 6 heteroatoms. The Hall–Kier alpha value is -4.06. The second-order valence-electron chi connectivity index (χ2n) is 7.42. The Bertz CT molecular complexity index is 1220. The highest BCUT2D eigenvalue weighted by Crippen LogP contribution is 2.31. The average Bonchev–Trinajstić information content (AvgIpc) is 2.85. The molecular formula is C27H27N3O3. The molecule has 0 aliphatic rings. The highest BCUT2D eigenvalue weighted by Gasteiger charge is 2.10. The van der Waals surface area contributed by atoms with Crippen LogP contribution in [0, 0.1) is 0 Å². The van der Waals surface area contributed by atoms with E-state index in [0.717, 1.165) is 39.0 Å². The third-order valence-electron chi connectivity index (χ3n) is 5.25. The summed E-state index contributed by atoms with van der Waals surface area (Å²) in [5, 5.41) is 7.87. The molecule has 0 fully saturated rings. The van der Waals surface area contributed by atoms with Crippen LogP contribution in [0.2, 0.25) is 0 Å². The largest absolute Gasteiger partial charge is 0.494 e. The van der Waals surface area contributed by atoms with E-state index in [1.165, 1.54) is 0 Å². The van der Waals surface area contributed by atoms with Crippen LogP contribution in [0.15, 0.2) is 79.1 Å². The lowest BCUT2D eigenvalue weighted by Gasteiger charge is -2.13. The standard InChI is InChI=1S/C27H27N3O3/c1-3-32-22-10-5-19(6-11-22)24-14-7-20(26-18-28-16-15-25(24)26)17-29-27(31)30-21-8-12-23(13-9-21)33-4-2/h5-16,18H,3-4,17H2,1-2H3,(H2,29,30,31). The number of ether oxygens (including phenoxy) is 2. The lowest BCUT2D eigenvalue weighted by atomic mass is 9.96. The SMILES string of the molecule is CCOc1ccc(NC(=O)NCc2ccc(-c3ccc(OCC)cc3)c3ccncc23)cc1. The lowest BCUT2D eigenvalue weighted by Crippen LogP contribution is -2.28. The maximum absolute atomic E-state index is 12.4. The van der Waals surface area contributed by atoms with Gasteiger partial charge in [0.05, 0.1) is 13.2 Å². The molecule has 0 radical (unpaired) electrons. The first-order chi connectivity index (χ1) is 16.2. The lowest BCUT2D eigenvalue weighted by molar-refractivity contribution is 0.252. The number of rotatable bonds is 8. The van der Waals surface area contributed by atoms with Crippen LogP contribution in [0.1, 0.15) is 19.4 Å². The number of hydrogen-bond donors (Lipinski definition) is 2. The summed E-state index contributed by atoms with van der Waals surface area (Å²) in [6.07, 6.45) is 3.63. The molecule has 168 valence electrons. The Labute approximate surface area is 193 Å². The molecule has 0 saturated carbocycles. The van der Waals surface area contributed by atoms with E-state index in [1.54, 1.807) is 6.20 Å². The molecule has 0 saturated heterocycles. The van der Waals surface area contributed by atoms with Crippen LogP contribution in [0.25, 0.3) is 21.9 Å². The van der Waals surface area contributed by atoms with E-state index in [2.05, 4.69) is 33.8 Å². The van der Waals surface area contributed by atoms with Gasteiger partial charge in [-0.25, -0.2) is 4.79 Å². The van der Waals surface area contributed by atoms with Gasteiger partial charge < -0.3 is 20.1 Å². The van der Waals surface area contributed by atoms with E-state index in [9.17, 15) is 4.79 Å². The molecule has 0 unspecified atom stereocenters. The van der Waals surface area contributed by atoms with Crippen molar-refractivity contribution in [1.29, 1.82) is 0 Å². The molecule has 0 spiro atoms. The minimum Gasteiger partial charge on any atom is -0.494 e. The zero-order chi connectivity index (χ0) is 23.0. The van der Waals surface area contributed by atoms with Gasteiger partial charge in [0.15, 0.2) is 0 Å². The van der Waals surface area contributed by atoms with Crippen LogP contribution in [-0.4, -0.2) is 24.2 Å². The van der Waals surface area contributed by atoms with Crippen LogP contribution >= 0.6 is 0 Å². The molecule has 1 aromatic heterocycles. The van der Waals surface area contributed by atoms with Crippen molar-refractivity contribution in [3.63, 3.8) is 0 Å². The van der Waals surface area contributed by atoms with Gasteiger partial charge in [-0.15, -0.1) is 0 Å². The summed E-state index contributed by atoms with van der Waals surface area (Å²) in [4.78, 5) is 16.7. The number of amides is 2. The van der Waals surface area contributed by atoms with Crippen molar-refractivity contribution in [2.24, 2.45) is 0 Å². The van der Waals surface area contributed by atoms with E-state index < -0.39 is 0 Å². The van der Waals surface area contributed by atoms with Crippen LogP contribution in [0.3, 0.4) is 0 Å². The fraction of sp³-hybridized carbons (Fsp3) is 0.185. The minimum absolute atomic E-state index is 0.271. The van der Waals surface area contributed by atoms with Gasteiger partial charge in [-0.05, 0) is 78.4 Å². The molecule has 2 amide bonds. The Morgan fingerprint density at radius 1 is 0.818 bits per heavy atom. The number of anilines is 1. The molecular weight excluding hydrogens is 414 g/mol. The minimum atomic E-state index is -0.271. The quantitative estimate of drug-likeness (QED) is 0.351. The number of nitrogens with one attached hydrogen (secondary N) is 2. The van der Waals surface area contributed by atoms with Crippen molar-refractivity contribution >= 4 is 22.5 Å². The van der Waals surface area contributed by atoms with Crippen molar-refractivity contribution in [1.82, 2.24) is 10.3 Å². The summed E-state index contributed by atoms with van der Waals surface area (Å²) in [5.41, 5.74) is 3.91. The van der Waals surface area contributed by atoms with E-state index in [0.29, 0.717) is 25.4 Å². The van der Waals surface area contributed by atoms with Gasteiger partial charge in [-0.2, -0.15) is 0 Å². The Morgan fingerprint density at radius 3 is 2.15 bits per heavy atom. The van der Waals surface area contributed by atoms with Gasteiger partial charge in [0.25, 0.3) is 0 Å². The van der Waals surface area contributed by atoms with Crippen LogP contribution in [-0.2, 0) is 6.54 Å². The monoisotopic (exact) mass is 441 g/mol. The molecule has 0 aliphatic heterocycles. The molecule has 4 aromatic rings. The number of carbonyl (C=O) groups is 1. The smallest absolute Gasteiger partial charge is 0.319 e. The van der Waals surface area contributed by atoms with Gasteiger partial charge in [0.2, 0.25) is 0 Å². The van der Waals surface area contributed by atoms with Gasteiger partial charge in [-0.3, -0.25) is 4.98 Å². The zero-order valence-corrected chi connectivity index (χ0v) is 18.8. The molecule has 6 nitrogen and oxygen atoms in total. The first-order valence-corrected chi connectivity index (χ1v) is 11.0. The molecule has 33 heavy (non-hydrogen) atoms. The first-order valence-electron chi connectivity index (χ1n) is 11.0. The Morgan fingerprint density at radius 2 is 1.48 bits per heavy atom. The topological polar surface area (TPSA) is 72.5 Å². The predicted molar refractivity (Wildman–Crippen MR) is 132 cm³/mol. The predicted octanol–water partition coefficient (Wildman–Crippen LogP) is 6.02. The molecule has 4 rings (SSSR count). The molecule has 1 heterocycles. The Balaban J connectivity index is 1.48. The van der Waals surface area contributed by atoms with Gasteiger partial charge >= 0.3 is 6.03 Å². The molecule has 0 aliphatic carbocycles. The van der Waals surface area contributed by atoms with Crippen molar-refractivity contribution in [3.05, 3.63) is 84.7 Å². The van der Waals surface area contributed by atoms with E-state index in [-0.39, 0.29) is 6.03 Å². The summed E-state index contributed by atoms with van der Waals surface area (Å²) < 4.78 is 11.0. The van der Waals surface area contributed by atoms with Crippen molar-refractivity contribution < 1.29 is 14.3 Å². The summed E-state index contributed by atoms with van der Waals surface area (Å²) in [7, 11) is 0. The van der Waals surface area contributed by atoms with E-state index >= 15 is 0 Å². The number of benzene rings is 3. The zero-order valence-electron chi connectivity index (χ0n) is 18.8. The van der Waals surface area contributed by atoms with Crippen molar-refractivity contribution in [2.75, 3.05) is 18.5 Å². The molecule has 2 N–H and O–H groups in total. The fourth-order valence-corrected chi connectivity index (χ4v) is 3.70. The average molecular weight is 442 g/mol. The van der Waals surface area contributed by atoms with Crippen LogP contribution < -0.4 is 20.1 Å². The van der Waals surface area contributed by atoms with Gasteiger partial charge in [-0.1, -0.05) is 24.3 Å². The second-order valence-corrected chi connectivity index (χ2v) is 7.42. The first kappa shape index (κ1) is 22.1. The summed E-state index contributed by atoms with van der Waals surface area (Å²) in [5.74, 6) is 1.63. The normalized spacial score (nSPS) is 10.6. The third kappa shape index (κ3) is 5.41. The highest BCUT2D eigenvalue weighted by molar-refractivity contribution is 5.98. The molecule has 0 bridgehead atoms. The highest BCUT2D eigenvalue weighted by atomic mass is 16.5. The van der Waals surface area contributed by atoms with Crippen molar-refractivity contribution in [2.45, 2.75) is 20.4 Å². The van der Waals surface area contributed by atoms with E-state index in [1.807, 2.05) is 68.6 Å². The van der Waals surface area contributed by atoms with Gasteiger partial charge in [0.1, 0.15) is 11.5 Å². The number of hydrogen-bond acceptors (Lipinski definition) is 4. The number of carbonyl (C=O) groups excluding carboxylic acids is 1. The number of pyridine rings is 1. The maximum atomic E-state index is 12.4. The molecule has 0 atom stereocenters. The van der Waals surface area contributed by atoms with E-state index in [4.69, 9.17) is 9.47 Å². The second kappa shape index (κ2) is 10.5. The maximum Gasteiger partial charge on any atom is 0.319 e. The van der Waals surface area contributed by atoms with Crippen molar-refractivity contribution in [3.8, 4) is 22.6 Å². The van der Waals surface area contributed by atoms with Crippen LogP contribution in [0.4, 0.5) is 10.5 Å². The number of urea groups is 1. The Kier molecular flexibility index (Phi) is 7.05. The summed E-state index contributed by atoms with van der Waals surface area (Å²) in [6, 6.07) is 21.2. The van der Waals surface area contributed by atoms with Crippen LogP contribution in [0.5, 0.6) is 11.5 Å². The third-order valence-corrected chi connectivity index (χ3v) is 5.25. The molecule has 3 aromatic carbocycles.